The van der Waals surface area contributed by atoms with Gasteiger partial charge in [0.1, 0.15) is 5.82 Å². The summed E-state index contributed by atoms with van der Waals surface area (Å²) in [6.45, 7) is 1.07. The van der Waals surface area contributed by atoms with E-state index in [1.165, 1.54) is 12.8 Å². The van der Waals surface area contributed by atoms with Crippen LogP contribution in [-0.4, -0.2) is 16.5 Å². The van der Waals surface area contributed by atoms with E-state index in [0.717, 1.165) is 30.0 Å². The van der Waals surface area contributed by atoms with Crippen LogP contribution in [0.3, 0.4) is 0 Å². The van der Waals surface area contributed by atoms with Crippen molar-refractivity contribution in [3.8, 4) is 17.3 Å². The molecule has 2 N–H and O–H groups in total. The van der Waals surface area contributed by atoms with Crippen molar-refractivity contribution >= 4 is 0 Å². The van der Waals surface area contributed by atoms with Crippen molar-refractivity contribution in [3.05, 3.63) is 41.9 Å². The lowest BCUT2D eigenvalue weighted by Gasteiger charge is -2.21. The van der Waals surface area contributed by atoms with Crippen LogP contribution in [-0.2, 0) is 0 Å². The minimum absolute atomic E-state index is 0.348. The third kappa shape index (κ3) is 2.51. The number of aromatic amines is 1. The standard InChI is InChI=1S/C15H16N4/c16-9-11-4-6-12(7-5-11)14-10-18-15(19-14)13-3-1-2-8-17-13/h4-7,10,13,17H,1-3,8H2,(H,18,19). The number of hydrogen-bond donors (Lipinski definition) is 2. The van der Waals surface area contributed by atoms with E-state index >= 15 is 0 Å². The predicted molar refractivity (Wildman–Crippen MR) is 73.3 cm³/mol. The summed E-state index contributed by atoms with van der Waals surface area (Å²) >= 11 is 0. The molecule has 0 aliphatic carbocycles. The van der Waals surface area contributed by atoms with Crippen molar-refractivity contribution in [2.45, 2.75) is 25.3 Å². The zero-order valence-electron chi connectivity index (χ0n) is 10.7. The Kier molecular flexibility index (Phi) is 3.30. The maximum atomic E-state index is 8.79. The zero-order chi connectivity index (χ0) is 13.1. The van der Waals surface area contributed by atoms with E-state index in [9.17, 15) is 0 Å². The Bertz CT molecular complexity index is 585. The molecule has 4 heteroatoms. The summed E-state index contributed by atoms with van der Waals surface area (Å²) in [5, 5.41) is 12.3. The van der Waals surface area contributed by atoms with E-state index in [1.807, 2.05) is 30.5 Å². The molecule has 19 heavy (non-hydrogen) atoms. The Hall–Kier alpha value is -2.12. The van der Waals surface area contributed by atoms with Crippen molar-refractivity contribution in [1.82, 2.24) is 15.3 Å². The highest BCUT2D eigenvalue weighted by Gasteiger charge is 2.17. The molecule has 0 radical (unpaired) electrons. The van der Waals surface area contributed by atoms with E-state index in [2.05, 4.69) is 21.4 Å². The van der Waals surface area contributed by atoms with Gasteiger partial charge in [-0.25, -0.2) is 4.98 Å². The molecule has 4 nitrogen and oxygen atoms in total. The summed E-state index contributed by atoms with van der Waals surface area (Å²) in [5.74, 6) is 1.01. The lowest BCUT2D eigenvalue weighted by atomic mass is 10.0. The van der Waals surface area contributed by atoms with Crippen molar-refractivity contribution in [2.24, 2.45) is 0 Å². The Balaban J connectivity index is 1.81. The minimum Gasteiger partial charge on any atom is -0.341 e. The number of benzene rings is 1. The Morgan fingerprint density at radius 1 is 1.21 bits per heavy atom. The highest BCUT2D eigenvalue weighted by atomic mass is 15.0. The van der Waals surface area contributed by atoms with Gasteiger partial charge in [0.05, 0.1) is 29.6 Å². The van der Waals surface area contributed by atoms with Crippen LogP contribution in [0.4, 0.5) is 0 Å². The van der Waals surface area contributed by atoms with Crippen molar-refractivity contribution in [1.29, 1.82) is 5.26 Å². The first kappa shape index (κ1) is 11.9. The smallest absolute Gasteiger partial charge is 0.123 e. The van der Waals surface area contributed by atoms with E-state index in [4.69, 9.17) is 5.26 Å². The maximum absolute atomic E-state index is 8.79. The fraction of sp³-hybridized carbons (Fsp3) is 0.333. The fourth-order valence-electron chi connectivity index (χ4n) is 2.47. The van der Waals surface area contributed by atoms with Gasteiger partial charge in [0.25, 0.3) is 0 Å². The lowest BCUT2D eigenvalue weighted by Crippen LogP contribution is -2.27. The van der Waals surface area contributed by atoms with Crippen LogP contribution < -0.4 is 5.32 Å². The van der Waals surface area contributed by atoms with Crippen LogP contribution in [0.1, 0.15) is 36.7 Å². The number of H-pyrrole nitrogens is 1. The number of nitrogens with one attached hydrogen (secondary N) is 2. The Labute approximate surface area is 112 Å². The molecular formula is C15H16N4. The molecule has 0 amide bonds. The molecule has 1 aliphatic rings. The quantitative estimate of drug-likeness (QED) is 0.863. The molecular weight excluding hydrogens is 236 g/mol. The number of rotatable bonds is 2. The van der Waals surface area contributed by atoms with Gasteiger partial charge in [0.15, 0.2) is 0 Å². The number of aromatic nitrogens is 2. The zero-order valence-corrected chi connectivity index (χ0v) is 10.7. The maximum Gasteiger partial charge on any atom is 0.123 e. The Morgan fingerprint density at radius 2 is 2.05 bits per heavy atom. The van der Waals surface area contributed by atoms with Gasteiger partial charge in [0.2, 0.25) is 0 Å². The second-order valence-electron chi connectivity index (χ2n) is 4.87. The first-order valence-corrected chi connectivity index (χ1v) is 6.65. The molecule has 1 aliphatic heterocycles. The second-order valence-corrected chi connectivity index (χ2v) is 4.87. The molecule has 3 rings (SSSR count). The number of imidazole rings is 1. The minimum atomic E-state index is 0.348. The summed E-state index contributed by atoms with van der Waals surface area (Å²) in [7, 11) is 0. The predicted octanol–water partition coefficient (Wildman–Crippen LogP) is 2.76. The Morgan fingerprint density at radius 3 is 2.74 bits per heavy atom. The molecule has 0 spiro atoms. The number of nitrogens with zero attached hydrogens (tertiary/aromatic N) is 2. The first-order chi connectivity index (χ1) is 9.36. The van der Waals surface area contributed by atoms with Gasteiger partial charge in [-0.15, -0.1) is 0 Å². The third-order valence-corrected chi connectivity index (χ3v) is 3.56. The summed E-state index contributed by atoms with van der Waals surface area (Å²) in [4.78, 5) is 7.86. The van der Waals surface area contributed by atoms with Gasteiger partial charge in [-0.2, -0.15) is 5.26 Å². The lowest BCUT2D eigenvalue weighted by molar-refractivity contribution is 0.399. The van der Waals surface area contributed by atoms with Gasteiger partial charge in [0, 0.05) is 0 Å². The number of nitriles is 1. The molecule has 1 aromatic heterocycles. The van der Waals surface area contributed by atoms with E-state index < -0.39 is 0 Å². The molecule has 2 aromatic rings. The molecule has 1 aromatic carbocycles. The average Bonchev–Trinajstić information content (AvgIpc) is 2.98. The SMILES string of the molecule is N#Cc1ccc(-c2cnc(C3CCCCN3)[nH]2)cc1. The van der Waals surface area contributed by atoms with Gasteiger partial charge < -0.3 is 10.3 Å². The molecule has 1 fully saturated rings. The summed E-state index contributed by atoms with van der Waals surface area (Å²) in [5.41, 5.74) is 2.75. The third-order valence-electron chi connectivity index (χ3n) is 3.56. The van der Waals surface area contributed by atoms with Crippen molar-refractivity contribution < 1.29 is 0 Å². The summed E-state index contributed by atoms with van der Waals surface area (Å²) < 4.78 is 0. The van der Waals surface area contributed by atoms with Crippen LogP contribution in [0, 0.1) is 11.3 Å². The molecule has 1 atom stereocenters. The van der Waals surface area contributed by atoms with Gasteiger partial charge in [-0.05, 0) is 37.1 Å². The van der Waals surface area contributed by atoms with Crippen LogP contribution >= 0.6 is 0 Å². The molecule has 96 valence electrons. The molecule has 2 heterocycles. The average molecular weight is 252 g/mol. The van der Waals surface area contributed by atoms with Gasteiger partial charge in [-0.3, -0.25) is 0 Å². The second kappa shape index (κ2) is 5.25. The number of hydrogen-bond acceptors (Lipinski definition) is 3. The van der Waals surface area contributed by atoms with E-state index in [1.54, 1.807) is 0 Å². The van der Waals surface area contributed by atoms with Crippen LogP contribution in [0.15, 0.2) is 30.5 Å². The van der Waals surface area contributed by atoms with E-state index in [-0.39, 0.29) is 0 Å². The molecule has 0 bridgehead atoms. The molecule has 1 unspecified atom stereocenters. The van der Waals surface area contributed by atoms with Crippen LogP contribution in [0.2, 0.25) is 0 Å². The van der Waals surface area contributed by atoms with Gasteiger partial charge >= 0.3 is 0 Å². The number of piperidine rings is 1. The van der Waals surface area contributed by atoms with Crippen LogP contribution in [0.25, 0.3) is 11.3 Å². The van der Waals surface area contributed by atoms with E-state index in [0.29, 0.717) is 11.6 Å². The van der Waals surface area contributed by atoms with Gasteiger partial charge in [-0.1, -0.05) is 18.6 Å². The van der Waals surface area contributed by atoms with Crippen molar-refractivity contribution in [3.63, 3.8) is 0 Å². The highest BCUT2D eigenvalue weighted by Crippen LogP contribution is 2.24. The van der Waals surface area contributed by atoms with Crippen LogP contribution in [0.5, 0.6) is 0 Å². The fourth-order valence-corrected chi connectivity index (χ4v) is 2.47. The normalized spacial score (nSPS) is 19.0. The largest absolute Gasteiger partial charge is 0.341 e. The van der Waals surface area contributed by atoms with Crippen molar-refractivity contribution in [2.75, 3.05) is 6.54 Å². The highest BCUT2D eigenvalue weighted by molar-refractivity contribution is 5.59. The first-order valence-electron chi connectivity index (χ1n) is 6.65. The molecule has 1 saturated heterocycles. The topological polar surface area (TPSA) is 64.5 Å². The molecule has 0 saturated carbocycles. The summed E-state index contributed by atoms with van der Waals surface area (Å²) in [6, 6.07) is 10.0. The summed E-state index contributed by atoms with van der Waals surface area (Å²) in [6.07, 6.45) is 5.51. The monoisotopic (exact) mass is 252 g/mol.